The third-order valence-corrected chi connectivity index (χ3v) is 3.32. The van der Waals surface area contributed by atoms with Crippen LogP contribution in [-0.4, -0.2) is 25.2 Å². The number of carboxylic acid groups (broad SMARTS) is 1. The first-order valence-electron chi connectivity index (χ1n) is 3.64. The molecule has 8 heteroatoms. The minimum absolute atomic E-state index is 0.0113. The molecule has 0 fully saturated rings. The average molecular weight is 246 g/mol. The lowest BCUT2D eigenvalue weighted by atomic mass is 10.4. The summed E-state index contributed by atoms with van der Waals surface area (Å²) in [7, 11) is -3.78. The fourth-order valence-corrected chi connectivity index (χ4v) is 2.34. The molecule has 1 rings (SSSR count). The Labute approximate surface area is 89.8 Å². The molecule has 0 atom stereocenters. The number of hydrogen-bond donors (Lipinski definition) is 2. The summed E-state index contributed by atoms with van der Waals surface area (Å²) in [4.78, 5) is 10.5. The van der Waals surface area contributed by atoms with Gasteiger partial charge in [0.1, 0.15) is 4.88 Å². The maximum Gasteiger partial charge on any atom is 0.348 e. The van der Waals surface area contributed by atoms with Gasteiger partial charge >= 0.3 is 5.97 Å². The standard InChI is InChI=1S/C7H6N2O4S2/c8-2-4-15(12,13)9-5-1-3-14-6(5)7(10)11/h1,3,9H,4H2,(H,10,11). The Morgan fingerprint density at radius 3 is 2.87 bits per heavy atom. The van der Waals surface area contributed by atoms with Crippen LogP contribution in [0.15, 0.2) is 11.4 Å². The lowest BCUT2D eigenvalue weighted by Gasteiger charge is -2.03. The average Bonchev–Trinajstić information content (AvgIpc) is 2.50. The summed E-state index contributed by atoms with van der Waals surface area (Å²) in [5, 5.41) is 18.4. The predicted molar refractivity (Wildman–Crippen MR) is 54.3 cm³/mol. The Hall–Kier alpha value is -1.59. The van der Waals surface area contributed by atoms with E-state index >= 15 is 0 Å². The molecule has 0 aliphatic heterocycles. The maximum absolute atomic E-state index is 11.2. The first kappa shape index (κ1) is 11.5. The largest absolute Gasteiger partial charge is 0.477 e. The van der Waals surface area contributed by atoms with Gasteiger partial charge in [-0.15, -0.1) is 11.3 Å². The summed E-state index contributed by atoms with van der Waals surface area (Å²) < 4.78 is 24.3. The molecule has 1 heterocycles. The van der Waals surface area contributed by atoms with Crippen molar-refractivity contribution in [1.29, 1.82) is 5.26 Å². The third kappa shape index (κ3) is 2.93. The van der Waals surface area contributed by atoms with Crippen LogP contribution in [0.5, 0.6) is 0 Å². The number of carbonyl (C=O) groups is 1. The number of thiophene rings is 1. The van der Waals surface area contributed by atoms with Crippen LogP contribution in [0.25, 0.3) is 0 Å². The van der Waals surface area contributed by atoms with Gasteiger partial charge in [-0.25, -0.2) is 13.2 Å². The van der Waals surface area contributed by atoms with Crippen LogP contribution >= 0.6 is 11.3 Å². The molecule has 2 N–H and O–H groups in total. The van der Waals surface area contributed by atoms with Gasteiger partial charge < -0.3 is 5.11 Å². The minimum atomic E-state index is -3.78. The number of carboxylic acids is 1. The van der Waals surface area contributed by atoms with Crippen molar-refractivity contribution in [3.8, 4) is 6.07 Å². The van der Waals surface area contributed by atoms with Gasteiger partial charge in [-0.1, -0.05) is 0 Å². The maximum atomic E-state index is 11.2. The number of hydrogen-bond acceptors (Lipinski definition) is 5. The minimum Gasteiger partial charge on any atom is -0.477 e. The molecular weight excluding hydrogens is 240 g/mol. The first-order chi connectivity index (χ1) is 6.96. The molecule has 80 valence electrons. The molecule has 1 aromatic rings. The molecule has 0 saturated heterocycles. The highest BCUT2D eigenvalue weighted by molar-refractivity contribution is 7.92. The molecule has 0 aromatic carbocycles. The molecule has 0 saturated carbocycles. The second kappa shape index (κ2) is 4.29. The molecule has 0 spiro atoms. The van der Waals surface area contributed by atoms with Crippen LogP contribution < -0.4 is 4.72 Å². The Kier molecular flexibility index (Phi) is 3.28. The van der Waals surface area contributed by atoms with Crippen molar-refractivity contribution in [3.05, 3.63) is 16.3 Å². The van der Waals surface area contributed by atoms with Gasteiger partial charge in [-0.05, 0) is 11.4 Å². The Bertz CT molecular complexity index is 511. The smallest absolute Gasteiger partial charge is 0.348 e. The van der Waals surface area contributed by atoms with Crippen LogP contribution in [-0.2, 0) is 10.0 Å². The van der Waals surface area contributed by atoms with Crippen molar-refractivity contribution < 1.29 is 18.3 Å². The van der Waals surface area contributed by atoms with E-state index in [2.05, 4.69) is 0 Å². The number of nitrogens with one attached hydrogen (secondary N) is 1. The fraction of sp³-hybridized carbons (Fsp3) is 0.143. The number of nitrogens with zero attached hydrogens (tertiary/aromatic N) is 1. The number of anilines is 1. The zero-order valence-electron chi connectivity index (χ0n) is 7.30. The van der Waals surface area contributed by atoms with Crippen molar-refractivity contribution in [2.24, 2.45) is 0 Å². The fourth-order valence-electron chi connectivity index (χ4n) is 0.844. The zero-order valence-corrected chi connectivity index (χ0v) is 8.93. The van der Waals surface area contributed by atoms with Gasteiger partial charge in [0.2, 0.25) is 10.0 Å². The Balaban J connectivity index is 2.96. The molecule has 15 heavy (non-hydrogen) atoms. The summed E-state index contributed by atoms with van der Waals surface area (Å²) >= 11 is 0.907. The highest BCUT2D eigenvalue weighted by Crippen LogP contribution is 2.23. The van der Waals surface area contributed by atoms with Crippen LogP contribution in [0.3, 0.4) is 0 Å². The highest BCUT2D eigenvalue weighted by Gasteiger charge is 2.16. The topological polar surface area (TPSA) is 107 Å². The number of rotatable bonds is 4. The number of sulfonamides is 1. The van der Waals surface area contributed by atoms with Gasteiger partial charge in [0.25, 0.3) is 0 Å². The monoisotopic (exact) mass is 246 g/mol. The van der Waals surface area contributed by atoms with Crippen LogP contribution in [0, 0.1) is 11.3 Å². The van der Waals surface area contributed by atoms with Crippen LogP contribution in [0.2, 0.25) is 0 Å². The number of aromatic carboxylic acids is 1. The van der Waals surface area contributed by atoms with Crippen LogP contribution in [0.4, 0.5) is 5.69 Å². The SMILES string of the molecule is N#CCS(=O)(=O)Nc1ccsc1C(=O)O. The van der Waals surface area contributed by atoms with Gasteiger partial charge in [-0.2, -0.15) is 5.26 Å². The molecule has 0 amide bonds. The van der Waals surface area contributed by atoms with E-state index in [-0.39, 0.29) is 10.6 Å². The molecule has 0 radical (unpaired) electrons. The summed E-state index contributed by atoms with van der Waals surface area (Å²) in [6.45, 7) is 0. The van der Waals surface area contributed by atoms with Gasteiger partial charge in [-0.3, -0.25) is 4.72 Å². The zero-order chi connectivity index (χ0) is 11.5. The summed E-state index contributed by atoms with van der Waals surface area (Å²) in [5.74, 6) is -1.92. The molecule has 0 bridgehead atoms. The normalized spacial score (nSPS) is 10.6. The molecule has 0 unspecified atom stereocenters. The highest BCUT2D eigenvalue weighted by atomic mass is 32.2. The van der Waals surface area contributed by atoms with E-state index < -0.39 is 21.7 Å². The second-order valence-corrected chi connectivity index (χ2v) is 5.13. The molecular formula is C7H6N2O4S2. The molecule has 6 nitrogen and oxygen atoms in total. The Morgan fingerprint density at radius 2 is 2.33 bits per heavy atom. The second-order valence-electron chi connectivity index (χ2n) is 2.49. The lowest BCUT2D eigenvalue weighted by molar-refractivity contribution is 0.0703. The van der Waals surface area contributed by atoms with E-state index in [1.807, 2.05) is 4.72 Å². The lowest BCUT2D eigenvalue weighted by Crippen LogP contribution is -2.16. The van der Waals surface area contributed by atoms with E-state index in [0.29, 0.717) is 0 Å². The first-order valence-corrected chi connectivity index (χ1v) is 6.17. The summed E-state index contributed by atoms with van der Waals surface area (Å²) in [6.07, 6.45) is 0. The quantitative estimate of drug-likeness (QED) is 0.813. The van der Waals surface area contributed by atoms with E-state index in [1.165, 1.54) is 17.5 Å². The van der Waals surface area contributed by atoms with Crippen LogP contribution in [0.1, 0.15) is 9.67 Å². The van der Waals surface area contributed by atoms with E-state index in [0.717, 1.165) is 11.3 Å². The Morgan fingerprint density at radius 1 is 1.67 bits per heavy atom. The van der Waals surface area contributed by atoms with Gasteiger partial charge in [0, 0.05) is 0 Å². The third-order valence-electron chi connectivity index (χ3n) is 1.38. The van der Waals surface area contributed by atoms with E-state index in [4.69, 9.17) is 10.4 Å². The molecule has 1 aromatic heterocycles. The predicted octanol–water partition coefficient (Wildman–Crippen LogP) is 0.712. The van der Waals surface area contributed by atoms with Gasteiger partial charge in [0.05, 0.1) is 11.8 Å². The van der Waals surface area contributed by atoms with Crippen molar-refractivity contribution in [2.75, 3.05) is 10.5 Å². The molecule has 0 aliphatic rings. The van der Waals surface area contributed by atoms with E-state index in [9.17, 15) is 13.2 Å². The van der Waals surface area contributed by atoms with E-state index in [1.54, 1.807) is 0 Å². The van der Waals surface area contributed by atoms with Crippen molar-refractivity contribution in [1.82, 2.24) is 0 Å². The number of nitriles is 1. The van der Waals surface area contributed by atoms with Gasteiger partial charge in [0.15, 0.2) is 5.75 Å². The van der Waals surface area contributed by atoms with Crippen molar-refractivity contribution in [2.45, 2.75) is 0 Å². The summed E-state index contributed by atoms with van der Waals surface area (Å²) in [6, 6.07) is 2.81. The molecule has 0 aliphatic carbocycles. The summed E-state index contributed by atoms with van der Waals surface area (Å²) in [5.41, 5.74) is -0.0113. The van der Waals surface area contributed by atoms with Crippen molar-refractivity contribution >= 4 is 33.0 Å². The van der Waals surface area contributed by atoms with Crippen molar-refractivity contribution in [3.63, 3.8) is 0 Å².